The number of benzene rings is 1. The highest BCUT2D eigenvalue weighted by atomic mass is 32.2. The fourth-order valence-electron chi connectivity index (χ4n) is 6.54. The highest BCUT2D eigenvalue weighted by molar-refractivity contribution is 7.84. The molecular weight excluding hydrogens is 414 g/mol. The number of carbonyl (C=O) groups is 1. The van der Waals surface area contributed by atoms with Crippen molar-refractivity contribution in [2.45, 2.75) is 71.6 Å². The summed E-state index contributed by atoms with van der Waals surface area (Å²) in [6.07, 6.45) is 8.64. The first-order valence-electron chi connectivity index (χ1n) is 11.4. The molecule has 0 saturated heterocycles. The van der Waals surface area contributed by atoms with Crippen molar-refractivity contribution in [2.75, 3.05) is 6.61 Å². The van der Waals surface area contributed by atoms with Crippen LogP contribution < -0.4 is 9.32 Å². The van der Waals surface area contributed by atoms with Crippen LogP contribution in [0.4, 0.5) is 0 Å². The molecule has 2 saturated carbocycles. The molecule has 6 nitrogen and oxygen atoms in total. The van der Waals surface area contributed by atoms with E-state index in [2.05, 4.69) is 13.0 Å². The number of carbonyl (C=O) groups excluding carboxylic acids is 1. The van der Waals surface area contributed by atoms with Gasteiger partial charge in [0.25, 0.3) is 0 Å². The third-order valence-electron chi connectivity index (χ3n) is 7.92. The Labute approximate surface area is 185 Å². The zero-order valence-corrected chi connectivity index (χ0v) is 19.5. The van der Waals surface area contributed by atoms with Gasteiger partial charge in [-0.1, -0.05) is 25.5 Å². The van der Waals surface area contributed by atoms with Gasteiger partial charge >= 0.3 is 16.3 Å². The van der Waals surface area contributed by atoms with Gasteiger partial charge in [0.15, 0.2) is 0 Å². The van der Waals surface area contributed by atoms with Crippen LogP contribution in [0.25, 0.3) is 0 Å². The SMILES string of the molecule is CCOC(=O)/C=C1\CC[C@H]2[C@@H]3CCc4cc(OS(N)(=O)=O)c(CC)cc4[C@H]3CC[C@]12C. The molecule has 3 aliphatic rings. The van der Waals surface area contributed by atoms with Gasteiger partial charge in [0.1, 0.15) is 5.75 Å². The number of hydrogen-bond acceptors (Lipinski definition) is 5. The smallest absolute Gasteiger partial charge is 0.380 e. The van der Waals surface area contributed by atoms with Crippen LogP contribution in [-0.2, 0) is 32.7 Å². The van der Waals surface area contributed by atoms with E-state index < -0.39 is 10.3 Å². The molecule has 0 unspecified atom stereocenters. The molecule has 0 aromatic heterocycles. The standard InChI is InChI=1S/C24H33NO5S/c1-4-15-12-20-16(13-22(15)30-31(25,27)28)6-8-19-18(20)10-11-24(3)17(7-9-21(19)24)14-23(26)29-5-2/h12-14,18-19,21H,4-11H2,1-3H3,(H2,25,27,28)/b17-14+/t18-,19+,21-,24+/m0/s1. The summed E-state index contributed by atoms with van der Waals surface area (Å²) in [7, 11) is -4.04. The monoisotopic (exact) mass is 447 g/mol. The third kappa shape index (κ3) is 4.14. The van der Waals surface area contributed by atoms with Gasteiger partial charge in [0, 0.05) is 6.08 Å². The zero-order valence-electron chi connectivity index (χ0n) is 18.6. The van der Waals surface area contributed by atoms with Gasteiger partial charge in [-0.25, -0.2) is 4.79 Å². The number of aryl methyl sites for hydroxylation is 2. The lowest BCUT2D eigenvalue weighted by Gasteiger charge is -2.49. The van der Waals surface area contributed by atoms with E-state index in [0.29, 0.717) is 36.5 Å². The van der Waals surface area contributed by atoms with E-state index >= 15 is 0 Å². The lowest BCUT2D eigenvalue weighted by atomic mass is 9.55. The van der Waals surface area contributed by atoms with Crippen LogP contribution in [0.3, 0.4) is 0 Å². The predicted octanol–water partition coefficient (Wildman–Crippen LogP) is 4.18. The molecule has 0 heterocycles. The van der Waals surface area contributed by atoms with Gasteiger partial charge in [0.05, 0.1) is 6.61 Å². The van der Waals surface area contributed by atoms with E-state index in [1.54, 1.807) is 6.08 Å². The first-order chi connectivity index (χ1) is 14.7. The van der Waals surface area contributed by atoms with Gasteiger partial charge in [-0.3, -0.25) is 0 Å². The Morgan fingerprint density at radius 3 is 2.68 bits per heavy atom. The van der Waals surface area contributed by atoms with Crippen molar-refractivity contribution in [1.82, 2.24) is 0 Å². The van der Waals surface area contributed by atoms with Gasteiger partial charge < -0.3 is 8.92 Å². The summed E-state index contributed by atoms with van der Waals surface area (Å²) in [6, 6.07) is 4.04. The topological polar surface area (TPSA) is 95.7 Å². The summed E-state index contributed by atoms with van der Waals surface area (Å²) in [6.45, 7) is 6.58. The minimum atomic E-state index is -4.04. The molecule has 1 aromatic carbocycles. The largest absolute Gasteiger partial charge is 0.463 e. The molecule has 0 radical (unpaired) electrons. The zero-order chi connectivity index (χ0) is 22.4. The van der Waals surface area contributed by atoms with E-state index in [9.17, 15) is 13.2 Å². The summed E-state index contributed by atoms with van der Waals surface area (Å²) >= 11 is 0. The normalized spacial score (nSPS) is 31.0. The lowest BCUT2D eigenvalue weighted by Crippen LogP contribution is -2.40. The number of rotatable bonds is 5. The number of fused-ring (bicyclic) bond motifs is 5. The van der Waals surface area contributed by atoms with Crippen LogP contribution >= 0.6 is 0 Å². The molecule has 170 valence electrons. The van der Waals surface area contributed by atoms with Crippen molar-refractivity contribution >= 4 is 16.3 Å². The molecule has 31 heavy (non-hydrogen) atoms. The summed E-state index contributed by atoms with van der Waals surface area (Å²) in [5.41, 5.74) is 4.73. The Bertz CT molecular complexity index is 1020. The van der Waals surface area contributed by atoms with Crippen LogP contribution in [0.2, 0.25) is 0 Å². The van der Waals surface area contributed by atoms with Gasteiger partial charge in [-0.15, -0.1) is 0 Å². The van der Waals surface area contributed by atoms with Crippen LogP contribution in [0.5, 0.6) is 5.75 Å². The Morgan fingerprint density at radius 2 is 2.00 bits per heavy atom. The van der Waals surface area contributed by atoms with E-state index in [-0.39, 0.29) is 11.4 Å². The maximum absolute atomic E-state index is 12.1. The second-order valence-electron chi connectivity index (χ2n) is 9.42. The number of esters is 1. The molecule has 7 heteroatoms. The van der Waals surface area contributed by atoms with Gasteiger partial charge in [0.2, 0.25) is 0 Å². The number of nitrogens with two attached hydrogens (primary N) is 1. The van der Waals surface area contributed by atoms with Crippen molar-refractivity contribution in [2.24, 2.45) is 22.4 Å². The lowest BCUT2D eigenvalue weighted by molar-refractivity contribution is -0.137. The molecule has 2 fully saturated rings. The average Bonchev–Trinajstić information content (AvgIpc) is 3.02. The van der Waals surface area contributed by atoms with Crippen molar-refractivity contribution in [1.29, 1.82) is 0 Å². The Morgan fingerprint density at radius 1 is 1.23 bits per heavy atom. The maximum Gasteiger partial charge on any atom is 0.380 e. The molecule has 0 aliphatic heterocycles. The van der Waals surface area contributed by atoms with E-state index in [1.165, 1.54) is 16.7 Å². The minimum Gasteiger partial charge on any atom is -0.463 e. The van der Waals surface area contributed by atoms with E-state index in [1.807, 2.05) is 19.9 Å². The summed E-state index contributed by atoms with van der Waals surface area (Å²) in [4.78, 5) is 12.1. The molecule has 3 aliphatic carbocycles. The highest BCUT2D eigenvalue weighted by Crippen LogP contribution is 2.63. The number of ether oxygens (including phenoxy) is 1. The van der Waals surface area contributed by atoms with E-state index in [0.717, 1.165) is 44.1 Å². The summed E-state index contributed by atoms with van der Waals surface area (Å²) < 4.78 is 33.2. The second kappa shape index (κ2) is 8.24. The predicted molar refractivity (Wildman–Crippen MR) is 119 cm³/mol. The van der Waals surface area contributed by atoms with Crippen molar-refractivity contribution in [3.63, 3.8) is 0 Å². The van der Waals surface area contributed by atoms with Gasteiger partial charge in [-0.2, -0.15) is 13.6 Å². The fraction of sp³-hybridized carbons (Fsp3) is 0.625. The quantitative estimate of drug-likeness (QED) is 0.540. The fourth-order valence-corrected chi connectivity index (χ4v) is 6.94. The molecular formula is C24H33NO5S. The molecule has 4 atom stereocenters. The van der Waals surface area contributed by atoms with Crippen LogP contribution in [0, 0.1) is 17.3 Å². The van der Waals surface area contributed by atoms with Crippen molar-refractivity contribution in [3.8, 4) is 5.75 Å². The molecule has 0 bridgehead atoms. The van der Waals surface area contributed by atoms with Crippen LogP contribution in [-0.4, -0.2) is 21.0 Å². The molecule has 1 aromatic rings. The Hall–Kier alpha value is -1.86. The van der Waals surface area contributed by atoms with Crippen LogP contribution in [0.1, 0.15) is 75.5 Å². The number of allylic oxidation sites excluding steroid dienone is 1. The Balaban J connectivity index is 1.64. The highest BCUT2D eigenvalue weighted by Gasteiger charge is 2.52. The van der Waals surface area contributed by atoms with E-state index in [4.69, 9.17) is 14.1 Å². The minimum absolute atomic E-state index is 0.0652. The number of hydrogen-bond donors (Lipinski definition) is 1. The second-order valence-corrected chi connectivity index (χ2v) is 10.6. The average molecular weight is 448 g/mol. The summed E-state index contributed by atoms with van der Waals surface area (Å²) in [5, 5.41) is 5.12. The Kier molecular flexibility index (Phi) is 5.94. The molecule has 4 rings (SSSR count). The molecule has 2 N–H and O–H groups in total. The third-order valence-corrected chi connectivity index (χ3v) is 8.33. The first kappa shape index (κ1) is 22.3. The van der Waals surface area contributed by atoms with Crippen molar-refractivity contribution in [3.05, 3.63) is 40.5 Å². The van der Waals surface area contributed by atoms with Crippen LogP contribution in [0.15, 0.2) is 23.8 Å². The first-order valence-corrected chi connectivity index (χ1v) is 12.9. The van der Waals surface area contributed by atoms with Crippen molar-refractivity contribution < 1.29 is 22.1 Å². The molecule has 0 amide bonds. The maximum atomic E-state index is 12.1. The summed E-state index contributed by atoms with van der Waals surface area (Å²) in [5.74, 6) is 1.76. The molecule has 0 spiro atoms. The van der Waals surface area contributed by atoms with Gasteiger partial charge in [-0.05, 0) is 97.8 Å².